The quantitative estimate of drug-likeness (QED) is 0.322. The SMILES string of the molecule is CCCCCCC[N+](CC)(CC)CCCc1ccc(Cl)cc1. The van der Waals surface area contributed by atoms with Gasteiger partial charge in [-0.25, -0.2) is 0 Å². The van der Waals surface area contributed by atoms with Crippen molar-refractivity contribution in [3.8, 4) is 0 Å². The number of aryl methyl sites for hydroxylation is 1. The normalized spacial score (nSPS) is 11.8. The Kier molecular flexibility index (Phi) is 9.82. The van der Waals surface area contributed by atoms with Gasteiger partial charge in [-0.15, -0.1) is 0 Å². The van der Waals surface area contributed by atoms with Crippen molar-refractivity contribution in [3.05, 3.63) is 34.9 Å². The summed E-state index contributed by atoms with van der Waals surface area (Å²) in [6, 6.07) is 8.35. The number of hydrogen-bond donors (Lipinski definition) is 0. The zero-order valence-electron chi connectivity index (χ0n) is 14.9. The van der Waals surface area contributed by atoms with E-state index in [0.717, 1.165) is 5.02 Å². The van der Waals surface area contributed by atoms with Crippen molar-refractivity contribution in [2.24, 2.45) is 0 Å². The number of hydrogen-bond acceptors (Lipinski definition) is 0. The molecule has 0 fully saturated rings. The molecular formula is C20H35ClN+. The summed E-state index contributed by atoms with van der Waals surface area (Å²) in [5, 5.41) is 0.836. The maximum atomic E-state index is 5.95. The molecule has 0 atom stereocenters. The Morgan fingerprint density at radius 3 is 1.95 bits per heavy atom. The van der Waals surface area contributed by atoms with Crippen LogP contribution in [0.5, 0.6) is 0 Å². The maximum absolute atomic E-state index is 5.95. The van der Waals surface area contributed by atoms with Gasteiger partial charge in [-0.1, -0.05) is 49.9 Å². The highest BCUT2D eigenvalue weighted by Crippen LogP contribution is 2.15. The second-order valence-corrected chi connectivity index (χ2v) is 7.00. The lowest BCUT2D eigenvalue weighted by Gasteiger charge is -2.37. The second kappa shape index (κ2) is 11.1. The van der Waals surface area contributed by atoms with Gasteiger partial charge in [0.2, 0.25) is 0 Å². The highest BCUT2D eigenvalue weighted by Gasteiger charge is 2.21. The highest BCUT2D eigenvalue weighted by atomic mass is 35.5. The molecule has 0 spiro atoms. The Balaban J connectivity index is 2.36. The van der Waals surface area contributed by atoms with E-state index in [4.69, 9.17) is 11.6 Å². The van der Waals surface area contributed by atoms with Gasteiger partial charge in [0.25, 0.3) is 0 Å². The molecule has 0 amide bonds. The summed E-state index contributed by atoms with van der Waals surface area (Å²) < 4.78 is 1.29. The van der Waals surface area contributed by atoms with E-state index in [2.05, 4.69) is 32.9 Å². The summed E-state index contributed by atoms with van der Waals surface area (Å²) >= 11 is 5.95. The Morgan fingerprint density at radius 2 is 1.36 bits per heavy atom. The number of nitrogens with zero attached hydrogens (tertiary/aromatic N) is 1. The van der Waals surface area contributed by atoms with E-state index in [9.17, 15) is 0 Å². The summed E-state index contributed by atoms with van der Waals surface area (Å²) in [5.41, 5.74) is 1.41. The average Bonchev–Trinajstić information content (AvgIpc) is 2.55. The van der Waals surface area contributed by atoms with Crippen LogP contribution in [0.4, 0.5) is 0 Å². The van der Waals surface area contributed by atoms with Crippen LogP contribution in [0.1, 0.15) is 64.9 Å². The van der Waals surface area contributed by atoms with E-state index in [1.165, 1.54) is 81.2 Å². The molecule has 2 heteroatoms. The van der Waals surface area contributed by atoms with E-state index in [1.807, 2.05) is 12.1 Å². The van der Waals surface area contributed by atoms with E-state index < -0.39 is 0 Å². The predicted octanol–water partition coefficient (Wildman–Crippen LogP) is 6.10. The molecule has 0 bridgehead atoms. The van der Waals surface area contributed by atoms with Crippen LogP contribution in [0, 0.1) is 0 Å². The maximum Gasteiger partial charge on any atom is 0.0789 e. The van der Waals surface area contributed by atoms with Gasteiger partial charge < -0.3 is 4.48 Å². The smallest absolute Gasteiger partial charge is 0.0789 e. The first kappa shape index (κ1) is 19.5. The first-order chi connectivity index (χ1) is 10.7. The number of unbranched alkanes of at least 4 members (excludes halogenated alkanes) is 4. The van der Waals surface area contributed by atoms with E-state index >= 15 is 0 Å². The first-order valence-corrected chi connectivity index (χ1v) is 9.63. The second-order valence-electron chi connectivity index (χ2n) is 6.57. The summed E-state index contributed by atoms with van der Waals surface area (Å²) in [4.78, 5) is 0. The zero-order chi connectivity index (χ0) is 16.3. The number of benzene rings is 1. The van der Waals surface area contributed by atoms with E-state index in [0.29, 0.717) is 0 Å². The Bertz CT molecular complexity index is 381. The Labute approximate surface area is 143 Å². The molecule has 0 aliphatic heterocycles. The molecule has 1 rings (SSSR count). The molecular weight excluding hydrogens is 290 g/mol. The third kappa shape index (κ3) is 7.15. The minimum absolute atomic E-state index is 0.836. The summed E-state index contributed by atoms with van der Waals surface area (Å²) in [5.74, 6) is 0. The van der Waals surface area contributed by atoms with E-state index in [-0.39, 0.29) is 0 Å². The molecule has 0 unspecified atom stereocenters. The van der Waals surface area contributed by atoms with Gasteiger partial charge in [0.1, 0.15) is 0 Å². The lowest BCUT2D eigenvalue weighted by atomic mass is 10.1. The van der Waals surface area contributed by atoms with Gasteiger partial charge in [0, 0.05) is 11.4 Å². The molecule has 0 aromatic heterocycles. The average molecular weight is 325 g/mol. The van der Waals surface area contributed by atoms with Crippen LogP contribution in [0.25, 0.3) is 0 Å². The third-order valence-electron chi connectivity index (χ3n) is 5.09. The molecule has 1 aromatic carbocycles. The molecule has 0 aliphatic rings. The minimum Gasteiger partial charge on any atom is -0.324 e. The first-order valence-electron chi connectivity index (χ1n) is 9.25. The van der Waals surface area contributed by atoms with Crippen LogP contribution in [0.3, 0.4) is 0 Å². The molecule has 1 nitrogen and oxygen atoms in total. The lowest BCUT2D eigenvalue weighted by molar-refractivity contribution is -0.925. The number of quaternary nitrogens is 1. The molecule has 126 valence electrons. The Hall–Kier alpha value is -0.530. The van der Waals surface area contributed by atoms with Crippen molar-refractivity contribution >= 4 is 11.6 Å². The van der Waals surface area contributed by atoms with Crippen molar-refractivity contribution in [2.45, 2.75) is 65.7 Å². The van der Waals surface area contributed by atoms with Gasteiger partial charge in [-0.05, 0) is 50.8 Å². The topological polar surface area (TPSA) is 0 Å². The molecule has 0 N–H and O–H groups in total. The summed E-state index contributed by atoms with van der Waals surface area (Å²) in [6.45, 7) is 12.2. The van der Waals surface area contributed by atoms with Crippen LogP contribution in [-0.4, -0.2) is 30.7 Å². The third-order valence-corrected chi connectivity index (χ3v) is 5.34. The molecule has 0 aliphatic carbocycles. The fraction of sp³-hybridized carbons (Fsp3) is 0.700. The van der Waals surface area contributed by atoms with Crippen LogP contribution in [0.2, 0.25) is 5.02 Å². The fourth-order valence-corrected chi connectivity index (χ4v) is 3.41. The van der Waals surface area contributed by atoms with Gasteiger partial charge in [0.15, 0.2) is 0 Å². The van der Waals surface area contributed by atoms with Crippen molar-refractivity contribution in [3.63, 3.8) is 0 Å². The minimum atomic E-state index is 0.836. The van der Waals surface area contributed by atoms with Gasteiger partial charge in [-0.3, -0.25) is 0 Å². The van der Waals surface area contributed by atoms with Crippen LogP contribution in [-0.2, 0) is 6.42 Å². The van der Waals surface area contributed by atoms with E-state index in [1.54, 1.807) is 0 Å². The van der Waals surface area contributed by atoms with Crippen LogP contribution < -0.4 is 0 Å². The van der Waals surface area contributed by atoms with Crippen molar-refractivity contribution < 1.29 is 4.48 Å². The largest absolute Gasteiger partial charge is 0.324 e. The summed E-state index contributed by atoms with van der Waals surface area (Å²) in [7, 11) is 0. The lowest BCUT2D eigenvalue weighted by Crippen LogP contribution is -2.49. The van der Waals surface area contributed by atoms with Gasteiger partial charge in [0.05, 0.1) is 26.2 Å². The molecule has 0 heterocycles. The summed E-state index contributed by atoms with van der Waals surface area (Å²) in [6.07, 6.45) is 9.39. The zero-order valence-corrected chi connectivity index (χ0v) is 15.7. The fourth-order valence-electron chi connectivity index (χ4n) is 3.29. The molecule has 0 saturated heterocycles. The Morgan fingerprint density at radius 1 is 0.773 bits per heavy atom. The molecule has 0 saturated carbocycles. The highest BCUT2D eigenvalue weighted by molar-refractivity contribution is 6.30. The standard InChI is InChI=1S/C20H35ClN/c1-4-7-8-9-10-17-22(5-2,6-3)18-11-12-19-13-15-20(21)16-14-19/h13-16H,4-12,17-18H2,1-3H3/q+1. The van der Waals surface area contributed by atoms with Crippen molar-refractivity contribution in [1.82, 2.24) is 0 Å². The number of halogens is 1. The van der Waals surface area contributed by atoms with Crippen LogP contribution >= 0.6 is 11.6 Å². The molecule has 1 aromatic rings. The van der Waals surface area contributed by atoms with Gasteiger partial charge >= 0.3 is 0 Å². The van der Waals surface area contributed by atoms with Gasteiger partial charge in [-0.2, -0.15) is 0 Å². The number of rotatable bonds is 12. The van der Waals surface area contributed by atoms with Crippen LogP contribution in [0.15, 0.2) is 24.3 Å². The monoisotopic (exact) mass is 324 g/mol. The van der Waals surface area contributed by atoms with Crippen molar-refractivity contribution in [1.29, 1.82) is 0 Å². The molecule has 0 radical (unpaired) electrons. The predicted molar refractivity (Wildman–Crippen MR) is 99.6 cm³/mol. The van der Waals surface area contributed by atoms with Crippen molar-refractivity contribution in [2.75, 3.05) is 26.2 Å². The molecule has 22 heavy (non-hydrogen) atoms.